The molecule has 1 fully saturated rings. The highest BCUT2D eigenvalue weighted by molar-refractivity contribution is 4.48. The van der Waals surface area contributed by atoms with Gasteiger partial charge in [-0.05, 0) is 6.42 Å². The molecule has 1 N–H and O–H groups in total. The van der Waals surface area contributed by atoms with Crippen molar-refractivity contribution in [1.82, 2.24) is 0 Å². The molecule has 0 aromatic heterocycles. The summed E-state index contributed by atoms with van der Waals surface area (Å²) in [5.74, 6) is 0. The summed E-state index contributed by atoms with van der Waals surface area (Å²) in [5.41, 5.74) is 0. The zero-order valence-corrected chi connectivity index (χ0v) is 6.49. The van der Waals surface area contributed by atoms with E-state index in [1.165, 1.54) is 0 Å². The van der Waals surface area contributed by atoms with Gasteiger partial charge in [0.25, 0.3) is 0 Å². The molecule has 1 aliphatic heterocycles. The average Bonchev–Trinajstić information content (AvgIpc) is 2.07. The van der Waals surface area contributed by atoms with Crippen molar-refractivity contribution in [3.63, 3.8) is 0 Å². The fourth-order valence-corrected chi connectivity index (χ4v) is 0.842. The van der Waals surface area contributed by atoms with Gasteiger partial charge in [-0.1, -0.05) is 0 Å². The minimum Gasteiger partial charge on any atom is -0.396 e. The zero-order valence-electron chi connectivity index (χ0n) is 6.49. The normalized spacial score (nSPS) is 25.4. The number of aliphatic hydroxyl groups is 1. The molecule has 4 heteroatoms. The van der Waals surface area contributed by atoms with Gasteiger partial charge in [0.2, 0.25) is 0 Å². The molecule has 1 atom stereocenters. The fourth-order valence-electron chi connectivity index (χ4n) is 0.842. The molecular weight excluding hydrogens is 148 g/mol. The van der Waals surface area contributed by atoms with E-state index in [4.69, 9.17) is 19.3 Å². The lowest BCUT2D eigenvalue weighted by Crippen LogP contribution is -2.31. The lowest BCUT2D eigenvalue weighted by molar-refractivity contribution is -0.212. The molecule has 1 unspecified atom stereocenters. The molecule has 1 saturated heterocycles. The van der Waals surface area contributed by atoms with E-state index in [1.807, 2.05) is 0 Å². The first-order valence-corrected chi connectivity index (χ1v) is 3.85. The van der Waals surface area contributed by atoms with E-state index in [0.29, 0.717) is 32.8 Å². The van der Waals surface area contributed by atoms with Crippen LogP contribution in [0.4, 0.5) is 0 Å². The average molecular weight is 162 g/mol. The second kappa shape index (κ2) is 5.49. The Kier molecular flexibility index (Phi) is 4.45. The molecule has 0 saturated carbocycles. The molecule has 0 radical (unpaired) electrons. The molecule has 66 valence electrons. The summed E-state index contributed by atoms with van der Waals surface area (Å²) in [7, 11) is 0. The Morgan fingerprint density at radius 1 is 1.45 bits per heavy atom. The molecule has 4 nitrogen and oxygen atoms in total. The molecule has 0 aromatic carbocycles. The van der Waals surface area contributed by atoms with Crippen LogP contribution in [0.2, 0.25) is 0 Å². The molecule has 1 aliphatic rings. The standard InChI is InChI=1S/C7H14O4/c8-2-1-3-10-7-6-9-4-5-11-7/h7-8H,1-6H2. The summed E-state index contributed by atoms with van der Waals surface area (Å²) >= 11 is 0. The molecule has 0 aromatic rings. The number of rotatable bonds is 4. The van der Waals surface area contributed by atoms with E-state index >= 15 is 0 Å². The van der Waals surface area contributed by atoms with E-state index in [-0.39, 0.29) is 12.9 Å². The van der Waals surface area contributed by atoms with E-state index in [9.17, 15) is 0 Å². The fraction of sp³-hybridized carbons (Fsp3) is 1.00. The van der Waals surface area contributed by atoms with E-state index in [0.717, 1.165) is 0 Å². The maximum atomic E-state index is 8.44. The quantitative estimate of drug-likeness (QED) is 0.579. The van der Waals surface area contributed by atoms with Gasteiger partial charge < -0.3 is 19.3 Å². The van der Waals surface area contributed by atoms with Crippen LogP contribution in [0.5, 0.6) is 0 Å². The monoisotopic (exact) mass is 162 g/mol. The van der Waals surface area contributed by atoms with Gasteiger partial charge in [-0.3, -0.25) is 0 Å². The van der Waals surface area contributed by atoms with Crippen LogP contribution in [0.25, 0.3) is 0 Å². The van der Waals surface area contributed by atoms with Gasteiger partial charge in [-0.15, -0.1) is 0 Å². The van der Waals surface area contributed by atoms with E-state index < -0.39 is 0 Å². The van der Waals surface area contributed by atoms with Crippen molar-refractivity contribution in [2.75, 3.05) is 33.0 Å². The summed E-state index contributed by atoms with van der Waals surface area (Å²) in [6, 6.07) is 0. The Hall–Kier alpha value is -0.160. The molecule has 0 aliphatic carbocycles. The van der Waals surface area contributed by atoms with Crippen molar-refractivity contribution < 1.29 is 19.3 Å². The second-order valence-electron chi connectivity index (χ2n) is 2.32. The summed E-state index contributed by atoms with van der Waals surface area (Å²) in [5, 5.41) is 8.44. The predicted molar refractivity (Wildman–Crippen MR) is 38.2 cm³/mol. The van der Waals surface area contributed by atoms with Crippen molar-refractivity contribution in [3.05, 3.63) is 0 Å². The topological polar surface area (TPSA) is 47.9 Å². The SMILES string of the molecule is OCCCOC1COCCO1. The summed E-state index contributed by atoms with van der Waals surface area (Å²) in [6.45, 7) is 2.45. The molecular formula is C7H14O4. The molecule has 1 heterocycles. The van der Waals surface area contributed by atoms with Gasteiger partial charge >= 0.3 is 0 Å². The molecule has 0 amide bonds. The maximum absolute atomic E-state index is 8.44. The van der Waals surface area contributed by atoms with Gasteiger partial charge in [0, 0.05) is 6.61 Å². The smallest absolute Gasteiger partial charge is 0.180 e. The number of hydrogen-bond donors (Lipinski definition) is 1. The Morgan fingerprint density at radius 2 is 2.36 bits per heavy atom. The lowest BCUT2D eigenvalue weighted by Gasteiger charge is -2.22. The van der Waals surface area contributed by atoms with Crippen molar-refractivity contribution >= 4 is 0 Å². The van der Waals surface area contributed by atoms with Crippen LogP contribution >= 0.6 is 0 Å². The molecule has 1 rings (SSSR count). The maximum Gasteiger partial charge on any atom is 0.180 e. The third-order valence-corrected chi connectivity index (χ3v) is 1.39. The Labute approximate surface area is 66.1 Å². The predicted octanol–water partition coefficient (Wildman–Crippen LogP) is -0.242. The van der Waals surface area contributed by atoms with Crippen LogP contribution in [-0.4, -0.2) is 44.4 Å². The molecule has 0 spiro atoms. The highest BCUT2D eigenvalue weighted by Gasteiger charge is 2.13. The van der Waals surface area contributed by atoms with Gasteiger partial charge in [-0.25, -0.2) is 0 Å². The summed E-state index contributed by atoms with van der Waals surface area (Å²) in [4.78, 5) is 0. The van der Waals surface area contributed by atoms with Crippen LogP contribution in [0, 0.1) is 0 Å². The van der Waals surface area contributed by atoms with Gasteiger partial charge in [0.05, 0.1) is 26.4 Å². The Morgan fingerprint density at radius 3 is 3.00 bits per heavy atom. The first-order chi connectivity index (χ1) is 5.43. The van der Waals surface area contributed by atoms with Crippen molar-refractivity contribution in [2.24, 2.45) is 0 Å². The van der Waals surface area contributed by atoms with Crippen molar-refractivity contribution in [1.29, 1.82) is 0 Å². The van der Waals surface area contributed by atoms with Crippen LogP contribution in [0.15, 0.2) is 0 Å². The minimum atomic E-state index is -0.227. The zero-order chi connectivity index (χ0) is 7.94. The van der Waals surface area contributed by atoms with E-state index in [1.54, 1.807) is 0 Å². The van der Waals surface area contributed by atoms with Crippen molar-refractivity contribution in [2.45, 2.75) is 12.7 Å². The second-order valence-corrected chi connectivity index (χ2v) is 2.32. The molecule has 11 heavy (non-hydrogen) atoms. The van der Waals surface area contributed by atoms with Crippen molar-refractivity contribution in [3.8, 4) is 0 Å². The third kappa shape index (κ3) is 3.67. The van der Waals surface area contributed by atoms with Gasteiger partial charge in [0.1, 0.15) is 0 Å². The first-order valence-electron chi connectivity index (χ1n) is 3.85. The van der Waals surface area contributed by atoms with Crippen LogP contribution in [0.1, 0.15) is 6.42 Å². The van der Waals surface area contributed by atoms with Crippen LogP contribution in [0.3, 0.4) is 0 Å². The number of ether oxygens (including phenoxy) is 3. The number of aliphatic hydroxyl groups excluding tert-OH is 1. The van der Waals surface area contributed by atoms with Crippen LogP contribution < -0.4 is 0 Å². The highest BCUT2D eigenvalue weighted by Crippen LogP contribution is 2.02. The summed E-state index contributed by atoms with van der Waals surface area (Å²) in [6.07, 6.45) is 0.426. The molecule has 0 bridgehead atoms. The first kappa shape index (κ1) is 8.93. The minimum absolute atomic E-state index is 0.160. The van der Waals surface area contributed by atoms with E-state index in [2.05, 4.69) is 0 Å². The number of hydrogen-bond acceptors (Lipinski definition) is 4. The highest BCUT2D eigenvalue weighted by atomic mass is 16.7. The largest absolute Gasteiger partial charge is 0.396 e. The Bertz CT molecular complexity index is 90.4. The van der Waals surface area contributed by atoms with Crippen LogP contribution in [-0.2, 0) is 14.2 Å². The Balaban J connectivity index is 1.96. The third-order valence-electron chi connectivity index (χ3n) is 1.39. The summed E-state index contributed by atoms with van der Waals surface area (Å²) < 4.78 is 15.5. The van der Waals surface area contributed by atoms with Gasteiger partial charge in [-0.2, -0.15) is 0 Å². The lowest BCUT2D eigenvalue weighted by atomic mass is 10.5. The van der Waals surface area contributed by atoms with Gasteiger partial charge in [0.15, 0.2) is 6.29 Å².